The van der Waals surface area contributed by atoms with Gasteiger partial charge in [-0.2, -0.15) is 0 Å². The quantitative estimate of drug-likeness (QED) is 0.538. The number of Topliss-reactive ketones (excluding diaryl/α,β-unsaturated/α-hetero) is 1. The van der Waals surface area contributed by atoms with E-state index in [9.17, 15) is 19.5 Å². The van der Waals surface area contributed by atoms with Gasteiger partial charge in [0.1, 0.15) is 5.75 Å². The van der Waals surface area contributed by atoms with Crippen LogP contribution in [0.4, 0.5) is 0 Å². The average molecular weight is 330 g/mol. The van der Waals surface area contributed by atoms with Gasteiger partial charge in [-0.25, -0.2) is 0 Å². The Bertz CT molecular complexity index is 1120. The summed E-state index contributed by atoms with van der Waals surface area (Å²) in [5.74, 6) is -1.41. The molecule has 4 heteroatoms. The SMILES string of the molecule is CC(=O)c1c2c(c(O)c3ccc(C)cc13)C(=O)c1ccccc1C2=O. The second kappa shape index (κ2) is 5.11. The standard InChI is InChI=1S/C21H14O4/c1-10-7-8-14-15(9-10)16(11(2)22)17-18(21(14)25)20(24)13-6-4-3-5-12(13)19(17)23/h3-9,25H,1-2H3. The highest BCUT2D eigenvalue weighted by Crippen LogP contribution is 2.41. The maximum Gasteiger partial charge on any atom is 0.198 e. The molecule has 0 aromatic heterocycles. The maximum absolute atomic E-state index is 13.0. The molecule has 0 aliphatic heterocycles. The highest BCUT2D eigenvalue weighted by Gasteiger charge is 2.36. The van der Waals surface area contributed by atoms with E-state index in [1.165, 1.54) is 6.92 Å². The first-order valence-corrected chi connectivity index (χ1v) is 7.90. The lowest BCUT2D eigenvalue weighted by atomic mass is 9.78. The highest BCUT2D eigenvalue weighted by atomic mass is 16.3. The van der Waals surface area contributed by atoms with Crippen LogP contribution in [0.2, 0.25) is 0 Å². The molecule has 0 heterocycles. The summed E-state index contributed by atoms with van der Waals surface area (Å²) in [6.45, 7) is 3.23. The van der Waals surface area contributed by atoms with Gasteiger partial charge < -0.3 is 5.11 Å². The van der Waals surface area contributed by atoms with Crippen molar-refractivity contribution in [3.05, 3.63) is 75.8 Å². The number of phenols is 1. The summed E-state index contributed by atoms with van der Waals surface area (Å²) in [5.41, 5.74) is 1.52. The lowest BCUT2D eigenvalue weighted by Gasteiger charge is -2.22. The Labute approximate surface area is 143 Å². The minimum atomic E-state index is -0.437. The summed E-state index contributed by atoms with van der Waals surface area (Å²) >= 11 is 0. The minimum absolute atomic E-state index is 0.00630. The van der Waals surface area contributed by atoms with Crippen LogP contribution < -0.4 is 0 Å². The monoisotopic (exact) mass is 330 g/mol. The molecule has 0 saturated carbocycles. The zero-order valence-corrected chi connectivity index (χ0v) is 13.7. The summed E-state index contributed by atoms with van der Waals surface area (Å²) in [4.78, 5) is 38.4. The molecule has 0 amide bonds. The van der Waals surface area contributed by atoms with Crippen LogP contribution in [0.15, 0.2) is 42.5 Å². The Kier molecular flexibility index (Phi) is 3.12. The first-order chi connectivity index (χ1) is 11.9. The van der Waals surface area contributed by atoms with Crippen LogP contribution >= 0.6 is 0 Å². The number of fused-ring (bicyclic) bond motifs is 3. The van der Waals surface area contributed by atoms with Crippen LogP contribution in [0, 0.1) is 6.92 Å². The summed E-state index contributed by atoms with van der Waals surface area (Å²) in [5, 5.41) is 11.6. The molecule has 3 aromatic rings. The van der Waals surface area contributed by atoms with Gasteiger partial charge in [0.2, 0.25) is 0 Å². The number of carbonyl (C=O) groups is 3. The van der Waals surface area contributed by atoms with Crippen molar-refractivity contribution in [3.8, 4) is 5.75 Å². The van der Waals surface area contributed by atoms with E-state index in [-0.39, 0.29) is 39.4 Å². The van der Waals surface area contributed by atoms with E-state index in [0.29, 0.717) is 10.8 Å². The van der Waals surface area contributed by atoms with Crippen molar-refractivity contribution in [2.75, 3.05) is 0 Å². The van der Waals surface area contributed by atoms with Gasteiger partial charge in [-0.15, -0.1) is 0 Å². The predicted octanol–water partition coefficient (Wildman–Crippen LogP) is 3.83. The molecular formula is C21H14O4. The van der Waals surface area contributed by atoms with Crippen LogP contribution in [-0.2, 0) is 0 Å². The number of hydrogen-bond donors (Lipinski definition) is 1. The van der Waals surface area contributed by atoms with Gasteiger partial charge in [-0.05, 0) is 19.2 Å². The lowest BCUT2D eigenvalue weighted by Crippen LogP contribution is -2.24. The van der Waals surface area contributed by atoms with E-state index >= 15 is 0 Å². The van der Waals surface area contributed by atoms with E-state index < -0.39 is 11.6 Å². The topological polar surface area (TPSA) is 71.4 Å². The summed E-state index contributed by atoms with van der Waals surface area (Å²) in [6, 6.07) is 11.7. The Morgan fingerprint density at radius 3 is 2.08 bits per heavy atom. The van der Waals surface area contributed by atoms with Crippen LogP contribution in [0.1, 0.15) is 54.7 Å². The van der Waals surface area contributed by atoms with Crippen LogP contribution in [0.3, 0.4) is 0 Å². The zero-order chi connectivity index (χ0) is 17.9. The molecule has 0 atom stereocenters. The van der Waals surface area contributed by atoms with Crippen molar-refractivity contribution in [1.82, 2.24) is 0 Å². The number of carbonyl (C=O) groups excluding carboxylic acids is 3. The zero-order valence-electron chi connectivity index (χ0n) is 13.7. The number of rotatable bonds is 1. The van der Waals surface area contributed by atoms with Gasteiger partial charge in [0.05, 0.1) is 5.56 Å². The molecule has 3 aromatic carbocycles. The second-order valence-electron chi connectivity index (χ2n) is 6.28. The molecule has 0 bridgehead atoms. The van der Waals surface area contributed by atoms with Crippen molar-refractivity contribution in [1.29, 1.82) is 0 Å². The first-order valence-electron chi connectivity index (χ1n) is 7.90. The molecule has 1 aliphatic rings. The van der Waals surface area contributed by atoms with Crippen molar-refractivity contribution in [3.63, 3.8) is 0 Å². The lowest BCUT2D eigenvalue weighted by molar-refractivity contribution is 0.0966. The molecule has 0 unspecified atom stereocenters. The fourth-order valence-electron chi connectivity index (χ4n) is 3.55. The molecule has 0 fully saturated rings. The molecule has 122 valence electrons. The van der Waals surface area contributed by atoms with Gasteiger partial charge in [-0.3, -0.25) is 14.4 Å². The van der Waals surface area contributed by atoms with Gasteiger partial charge in [0.15, 0.2) is 17.3 Å². The van der Waals surface area contributed by atoms with Crippen molar-refractivity contribution in [2.24, 2.45) is 0 Å². The molecule has 1 aliphatic carbocycles. The molecule has 1 N–H and O–H groups in total. The van der Waals surface area contributed by atoms with Gasteiger partial charge >= 0.3 is 0 Å². The molecule has 0 radical (unpaired) electrons. The highest BCUT2D eigenvalue weighted by molar-refractivity contribution is 6.34. The average Bonchev–Trinajstić information content (AvgIpc) is 2.59. The Hall–Kier alpha value is -3.27. The van der Waals surface area contributed by atoms with Gasteiger partial charge in [-0.1, -0.05) is 48.0 Å². The number of aromatic hydroxyl groups is 1. The fraction of sp³-hybridized carbons (Fsp3) is 0.0952. The smallest absolute Gasteiger partial charge is 0.198 e. The van der Waals surface area contributed by atoms with Crippen molar-refractivity contribution < 1.29 is 19.5 Å². The van der Waals surface area contributed by atoms with Crippen LogP contribution in [0.25, 0.3) is 10.8 Å². The molecule has 0 saturated heterocycles. The fourth-order valence-corrected chi connectivity index (χ4v) is 3.55. The molecule has 4 nitrogen and oxygen atoms in total. The summed E-state index contributed by atoms with van der Waals surface area (Å²) < 4.78 is 0. The number of ketones is 3. The molecule has 0 spiro atoms. The van der Waals surface area contributed by atoms with E-state index in [4.69, 9.17) is 0 Å². The van der Waals surface area contributed by atoms with E-state index in [1.54, 1.807) is 42.5 Å². The third-order valence-corrected chi connectivity index (χ3v) is 4.66. The number of benzene rings is 3. The number of hydrogen-bond acceptors (Lipinski definition) is 4. The normalized spacial score (nSPS) is 12.9. The predicted molar refractivity (Wildman–Crippen MR) is 93.7 cm³/mol. The third-order valence-electron chi connectivity index (χ3n) is 4.66. The Morgan fingerprint density at radius 2 is 1.48 bits per heavy atom. The summed E-state index contributed by atoms with van der Waals surface area (Å²) in [7, 11) is 0. The van der Waals surface area contributed by atoms with Crippen molar-refractivity contribution in [2.45, 2.75) is 13.8 Å². The summed E-state index contributed by atoms with van der Waals surface area (Å²) in [6.07, 6.45) is 0. The van der Waals surface area contributed by atoms with E-state index in [0.717, 1.165) is 5.56 Å². The van der Waals surface area contributed by atoms with Gasteiger partial charge in [0.25, 0.3) is 0 Å². The van der Waals surface area contributed by atoms with Crippen LogP contribution in [0.5, 0.6) is 5.75 Å². The van der Waals surface area contributed by atoms with E-state index in [2.05, 4.69) is 0 Å². The Morgan fingerprint density at radius 1 is 0.880 bits per heavy atom. The largest absolute Gasteiger partial charge is 0.507 e. The number of phenolic OH excluding ortho intramolecular Hbond substituents is 1. The minimum Gasteiger partial charge on any atom is -0.507 e. The maximum atomic E-state index is 13.0. The van der Waals surface area contributed by atoms with Gasteiger partial charge in [0, 0.05) is 27.6 Å². The molecular weight excluding hydrogens is 316 g/mol. The van der Waals surface area contributed by atoms with E-state index in [1.807, 2.05) is 6.92 Å². The second-order valence-corrected chi connectivity index (χ2v) is 6.28. The Balaban J connectivity index is 2.24. The van der Waals surface area contributed by atoms with Crippen LogP contribution in [-0.4, -0.2) is 22.5 Å². The molecule has 25 heavy (non-hydrogen) atoms. The first kappa shape index (κ1) is 15.3. The van der Waals surface area contributed by atoms with Crippen molar-refractivity contribution >= 4 is 28.1 Å². The number of aryl methyl sites for hydroxylation is 1. The molecule has 4 rings (SSSR count). The third kappa shape index (κ3) is 1.97.